The molecule has 0 spiro atoms. The van der Waals surface area contributed by atoms with Crippen molar-refractivity contribution in [3.05, 3.63) is 58.9 Å². The first-order chi connectivity index (χ1) is 10.2. The summed E-state index contributed by atoms with van der Waals surface area (Å²) in [6.45, 7) is 6.06. The van der Waals surface area contributed by atoms with E-state index in [0.717, 1.165) is 31.7 Å². The molecule has 0 aliphatic carbocycles. The van der Waals surface area contributed by atoms with Crippen molar-refractivity contribution >= 4 is 0 Å². The molecule has 0 saturated carbocycles. The van der Waals surface area contributed by atoms with Crippen molar-refractivity contribution in [3.63, 3.8) is 0 Å². The average Bonchev–Trinajstić information content (AvgIpc) is 2.94. The Kier molecular flexibility index (Phi) is 4.20. The van der Waals surface area contributed by atoms with Gasteiger partial charge in [-0.1, -0.05) is 18.2 Å². The zero-order chi connectivity index (χ0) is 14.7. The van der Waals surface area contributed by atoms with Gasteiger partial charge in [0.2, 0.25) is 0 Å². The highest BCUT2D eigenvalue weighted by atomic mass is 16.5. The van der Waals surface area contributed by atoms with E-state index in [2.05, 4.69) is 48.4 Å². The molecule has 2 aromatic rings. The molecule has 1 aliphatic rings. The lowest BCUT2D eigenvalue weighted by Crippen LogP contribution is -2.21. The second-order valence-electron chi connectivity index (χ2n) is 5.76. The van der Waals surface area contributed by atoms with Crippen molar-refractivity contribution in [1.29, 1.82) is 0 Å². The van der Waals surface area contributed by atoms with Crippen LogP contribution in [0.5, 0.6) is 5.75 Å². The minimum atomic E-state index is 0.329. The quantitative estimate of drug-likeness (QED) is 0.914. The zero-order valence-corrected chi connectivity index (χ0v) is 12.7. The van der Waals surface area contributed by atoms with Crippen LogP contribution in [0.25, 0.3) is 0 Å². The van der Waals surface area contributed by atoms with E-state index in [0.29, 0.717) is 6.04 Å². The number of nitrogens with zero attached hydrogens (tertiary/aromatic N) is 1. The van der Waals surface area contributed by atoms with Crippen LogP contribution in [0.1, 0.15) is 35.2 Å². The Labute approximate surface area is 126 Å². The van der Waals surface area contributed by atoms with E-state index in [9.17, 15) is 0 Å². The van der Waals surface area contributed by atoms with E-state index in [-0.39, 0.29) is 0 Å². The molecule has 1 N–H and O–H groups in total. The van der Waals surface area contributed by atoms with Crippen molar-refractivity contribution in [3.8, 4) is 5.75 Å². The van der Waals surface area contributed by atoms with Crippen molar-refractivity contribution in [2.75, 3.05) is 13.2 Å². The van der Waals surface area contributed by atoms with Crippen LogP contribution in [0.3, 0.4) is 0 Å². The highest BCUT2D eigenvalue weighted by Gasteiger charge is 2.12. The van der Waals surface area contributed by atoms with Gasteiger partial charge in [0.25, 0.3) is 0 Å². The summed E-state index contributed by atoms with van der Waals surface area (Å²) in [6.07, 6.45) is 5.92. The summed E-state index contributed by atoms with van der Waals surface area (Å²) in [6, 6.07) is 9.08. The van der Waals surface area contributed by atoms with Gasteiger partial charge >= 0.3 is 0 Å². The average molecular weight is 282 g/mol. The molecule has 3 nitrogen and oxygen atoms in total. The van der Waals surface area contributed by atoms with E-state index >= 15 is 0 Å². The van der Waals surface area contributed by atoms with Crippen LogP contribution >= 0.6 is 0 Å². The van der Waals surface area contributed by atoms with Gasteiger partial charge in [-0.15, -0.1) is 0 Å². The Morgan fingerprint density at radius 2 is 2.19 bits per heavy atom. The lowest BCUT2D eigenvalue weighted by molar-refractivity contribution is 0.357. The predicted octanol–water partition coefficient (Wildman–Crippen LogP) is 3.22. The molecule has 1 atom stereocenters. The Bertz CT molecular complexity index is 624. The maximum Gasteiger partial charge on any atom is 0.122 e. The van der Waals surface area contributed by atoms with Crippen molar-refractivity contribution in [2.24, 2.45) is 0 Å². The molecule has 3 rings (SSSR count). The SMILES string of the molecule is Cc1cncc(C(C)NCCc2ccc3c(c2)CCO3)c1. The molecular formula is C18H22N2O. The minimum absolute atomic E-state index is 0.329. The summed E-state index contributed by atoms with van der Waals surface area (Å²) in [5.41, 5.74) is 5.18. The molecule has 0 radical (unpaired) electrons. The molecule has 1 aromatic carbocycles. The topological polar surface area (TPSA) is 34.2 Å². The number of aromatic nitrogens is 1. The summed E-state index contributed by atoms with van der Waals surface area (Å²) < 4.78 is 5.54. The molecule has 21 heavy (non-hydrogen) atoms. The Morgan fingerprint density at radius 3 is 3.05 bits per heavy atom. The predicted molar refractivity (Wildman–Crippen MR) is 84.7 cm³/mol. The van der Waals surface area contributed by atoms with Gasteiger partial charge in [0.1, 0.15) is 5.75 Å². The normalized spacial score (nSPS) is 14.6. The van der Waals surface area contributed by atoms with Gasteiger partial charge in [0, 0.05) is 24.9 Å². The Morgan fingerprint density at radius 1 is 1.29 bits per heavy atom. The third-order valence-corrected chi connectivity index (χ3v) is 4.01. The number of rotatable bonds is 5. The lowest BCUT2D eigenvalue weighted by atomic mass is 10.1. The van der Waals surface area contributed by atoms with Crippen molar-refractivity contribution in [1.82, 2.24) is 10.3 Å². The minimum Gasteiger partial charge on any atom is -0.493 e. The second-order valence-corrected chi connectivity index (χ2v) is 5.76. The smallest absolute Gasteiger partial charge is 0.122 e. The van der Waals surface area contributed by atoms with E-state index < -0.39 is 0 Å². The summed E-state index contributed by atoms with van der Waals surface area (Å²) in [7, 11) is 0. The number of benzene rings is 1. The summed E-state index contributed by atoms with van der Waals surface area (Å²) in [5, 5.41) is 3.57. The molecule has 0 amide bonds. The van der Waals surface area contributed by atoms with E-state index in [4.69, 9.17) is 4.74 Å². The van der Waals surface area contributed by atoms with Crippen molar-refractivity contribution < 1.29 is 4.74 Å². The molecule has 110 valence electrons. The number of nitrogens with one attached hydrogen (secondary N) is 1. The Hall–Kier alpha value is -1.87. The van der Waals surface area contributed by atoms with Gasteiger partial charge in [0.15, 0.2) is 0 Å². The highest BCUT2D eigenvalue weighted by Crippen LogP contribution is 2.26. The highest BCUT2D eigenvalue weighted by molar-refractivity contribution is 5.39. The fourth-order valence-corrected chi connectivity index (χ4v) is 2.76. The number of aryl methyl sites for hydroxylation is 1. The largest absolute Gasteiger partial charge is 0.493 e. The molecule has 0 bridgehead atoms. The summed E-state index contributed by atoms with van der Waals surface area (Å²) >= 11 is 0. The fraction of sp³-hybridized carbons (Fsp3) is 0.389. The molecule has 2 heterocycles. The van der Waals surface area contributed by atoms with Crippen LogP contribution < -0.4 is 10.1 Å². The number of hydrogen-bond donors (Lipinski definition) is 1. The van der Waals surface area contributed by atoms with Gasteiger partial charge in [-0.3, -0.25) is 4.98 Å². The van der Waals surface area contributed by atoms with E-state index in [1.165, 1.54) is 22.3 Å². The third-order valence-electron chi connectivity index (χ3n) is 4.01. The molecule has 3 heteroatoms. The molecular weight excluding hydrogens is 260 g/mol. The molecule has 1 aromatic heterocycles. The van der Waals surface area contributed by atoms with Gasteiger partial charge in [-0.05, 0) is 55.1 Å². The van der Waals surface area contributed by atoms with Crippen molar-refractivity contribution in [2.45, 2.75) is 32.7 Å². The van der Waals surface area contributed by atoms with Crippen LogP contribution in [0, 0.1) is 6.92 Å². The first-order valence-electron chi connectivity index (χ1n) is 7.62. The number of pyridine rings is 1. The van der Waals surface area contributed by atoms with Crippen LogP contribution in [0.2, 0.25) is 0 Å². The summed E-state index contributed by atoms with van der Waals surface area (Å²) in [5.74, 6) is 1.06. The molecule has 0 fully saturated rings. The lowest BCUT2D eigenvalue weighted by Gasteiger charge is -2.14. The van der Waals surface area contributed by atoms with Gasteiger partial charge in [-0.25, -0.2) is 0 Å². The monoisotopic (exact) mass is 282 g/mol. The molecule has 1 aliphatic heterocycles. The number of hydrogen-bond acceptors (Lipinski definition) is 3. The van der Waals surface area contributed by atoms with Gasteiger partial charge < -0.3 is 10.1 Å². The van der Waals surface area contributed by atoms with Crippen LogP contribution in [0.15, 0.2) is 36.7 Å². The van der Waals surface area contributed by atoms with Crippen LogP contribution in [0.4, 0.5) is 0 Å². The summed E-state index contributed by atoms with van der Waals surface area (Å²) in [4.78, 5) is 4.26. The van der Waals surface area contributed by atoms with E-state index in [1.54, 1.807) is 0 Å². The molecule has 1 unspecified atom stereocenters. The maximum atomic E-state index is 5.54. The third kappa shape index (κ3) is 3.42. The first kappa shape index (κ1) is 14.1. The van der Waals surface area contributed by atoms with Crippen LogP contribution in [-0.4, -0.2) is 18.1 Å². The molecule has 0 saturated heterocycles. The zero-order valence-electron chi connectivity index (χ0n) is 12.7. The second kappa shape index (κ2) is 6.27. The number of fused-ring (bicyclic) bond motifs is 1. The first-order valence-corrected chi connectivity index (χ1v) is 7.62. The Balaban J connectivity index is 1.54. The maximum absolute atomic E-state index is 5.54. The van der Waals surface area contributed by atoms with Gasteiger partial charge in [0.05, 0.1) is 6.61 Å². The van der Waals surface area contributed by atoms with E-state index in [1.807, 2.05) is 12.4 Å². The van der Waals surface area contributed by atoms with Gasteiger partial charge in [-0.2, -0.15) is 0 Å². The van der Waals surface area contributed by atoms with Crippen LogP contribution in [-0.2, 0) is 12.8 Å². The number of ether oxygens (including phenoxy) is 1. The fourth-order valence-electron chi connectivity index (χ4n) is 2.76. The standard InChI is InChI=1S/C18H22N2O/c1-13-9-17(12-19-11-13)14(2)20-7-5-15-3-4-18-16(10-15)6-8-21-18/h3-4,9-12,14,20H,5-8H2,1-2H3.